The molecule has 7 heteroatoms. The van der Waals surface area contributed by atoms with Crippen LogP contribution in [0.2, 0.25) is 0 Å². The summed E-state index contributed by atoms with van der Waals surface area (Å²) < 4.78 is 36.1. The van der Waals surface area contributed by atoms with Crippen LogP contribution in [-0.4, -0.2) is 31.1 Å². The smallest absolute Gasteiger partial charge is 0.408 e. The molecule has 0 unspecified atom stereocenters. The molecule has 0 bridgehead atoms. The molecule has 1 atom stereocenters. The highest BCUT2D eigenvalue weighted by atomic mass is 19.3. The molecular weight excluding hydrogens is 296 g/mol. The summed E-state index contributed by atoms with van der Waals surface area (Å²) in [7, 11) is 1.07. The molecule has 0 aliphatic heterocycles. The van der Waals surface area contributed by atoms with Gasteiger partial charge in [-0.15, -0.1) is 0 Å². The summed E-state index contributed by atoms with van der Waals surface area (Å²) in [5.41, 5.74) is 0.742. The molecule has 0 spiro atoms. The Morgan fingerprint density at radius 1 is 1.27 bits per heavy atom. The third-order valence-electron chi connectivity index (χ3n) is 3.01. The summed E-state index contributed by atoms with van der Waals surface area (Å²) in [6.07, 6.45) is -2.23. The number of alkyl carbamates (subject to hydrolysis) is 1. The minimum absolute atomic E-state index is 0.0231. The number of benzene rings is 1. The summed E-state index contributed by atoms with van der Waals surface area (Å²) in [5, 5.41) is 2.11. The van der Waals surface area contributed by atoms with Crippen molar-refractivity contribution < 1.29 is 27.8 Å². The summed E-state index contributed by atoms with van der Waals surface area (Å²) in [5.74, 6) is -4.02. The quantitative estimate of drug-likeness (QED) is 0.786. The molecular formula is C15H19F2NO4. The normalized spacial score (nSPS) is 12.4. The lowest BCUT2D eigenvalue weighted by molar-refractivity contribution is -0.146. The summed E-state index contributed by atoms with van der Waals surface area (Å²) in [4.78, 5) is 23.1. The first-order valence-electron chi connectivity index (χ1n) is 6.81. The van der Waals surface area contributed by atoms with E-state index in [0.717, 1.165) is 12.7 Å². The fourth-order valence-corrected chi connectivity index (χ4v) is 1.69. The van der Waals surface area contributed by atoms with Gasteiger partial charge < -0.3 is 14.8 Å². The van der Waals surface area contributed by atoms with Crippen molar-refractivity contribution >= 4 is 12.1 Å². The monoisotopic (exact) mass is 315 g/mol. The Hall–Kier alpha value is -2.18. The van der Waals surface area contributed by atoms with Crippen molar-refractivity contribution in [3.8, 4) is 0 Å². The highest BCUT2D eigenvalue weighted by Crippen LogP contribution is 2.24. The predicted molar refractivity (Wildman–Crippen MR) is 75.4 cm³/mol. The predicted octanol–water partition coefficient (Wildman–Crippen LogP) is 2.89. The minimum Gasteiger partial charge on any atom is -0.467 e. The molecule has 0 aliphatic rings. The maximum Gasteiger partial charge on any atom is 0.408 e. The zero-order chi connectivity index (χ0) is 16.6. The molecule has 0 aromatic heterocycles. The standard InChI is InChI=1S/C15H19F2NO4/c1-3-15(16,17)9-12(13(19)21-2)18-14(20)22-10-11-7-5-4-6-8-11/h4-8,12H,3,9-10H2,1-2H3,(H,18,20)/t12-/m0/s1. The summed E-state index contributed by atoms with van der Waals surface area (Å²) >= 11 is 0. The Labute approximate surface area is 127 Å². The number of rotatable bonds is 7. The molecule has 1 aromatic carbocycles. The van der Waals surface area contributed by atoms with E-state index in [1.165, 1.54) is 6.92 Å². The maximum atomic E-state index is 13.4. The van der Waals surface area contributed by atoms with Crippen molar-refractivity contribution in [3.05, 3.63) is 35.9 Å². The number of alkyl halides is 2. The first-order chi connectivity index (χ1) is 10.4. The number of methoxy groups -OCH3 is 1. The highest BCUT2D eigenvalue weighted by molar-refractivity contribution is 5.81. The fraction of sp³-hybridized carbons (Fsp3) is 0.467. The third kappa shape index (κ3) is 6.07. The summed E-state index contributed by atoms with van der Waals surface area (Å²) in [6, 6.07) is 7.39. The van der Waals surface area contributed by atoms with Gasteiger partial charge in [0.1, 0.15) is 12.6 Å². The van der Waals surface area contributed by atoms with Crippen molar-refractivity contribution in [2.75, 3.05) is 7.11 Å². The first kappa shape index (κ1) is 17.9. The number of ether oxygens (including phenoxy) is 2. The molecule has 0 saturated heterocycles. The Balaban J connectivity index is 2.57. The van der Waals surface area contributed by atoms with Crippen LogP contribution in [0.5, 0.6) is 0 Å². The molecule has 0 aliphatic carbocycles. The third-order valence-corrected chi connectivity index (χ3v) is 3.01. The first-order valence-corrected chi connectivity index (χ1v) is 6.81. The molecule has 1 rings (SSSR count). The van der Waals surface area contributed by atoms with Gasteiger partial charge in [0.25, 0.3) is 0 Å². The lowest BCUT2D eigenvalue weighted by Crippen LogP contribution is -2.45. The second kappa shape index (κ2) is 8.31. The number of esters is 1. The number of hydrogen-bond acceptors (Lipinski definition) is 4. The van der Waals surface area contributed by atoms with E-state index in [-0.39, 0.29) is 6.61 Å². The van der Waals surface area contributed by atoms with Gasteiger partial charge in [0.2, 0.25) is 5.92 Å². The van der Waals surface area contributed by atoms with E-state index < -0.39 is 36.9 Å². The number of hydrogen-bond donors (Lipinski definition) is 1. The van der Waals surface area contributed by atoms with Gasteiger partial charge in [-0.3, -0.25) is 0 Å². The maximum absolute atomic E-state index is 13.4. The number of carbonyl (C=O) groups excluding carboxylic acids is 2. The van der Waals surface area contributed by atoms with E-state index in [1.54, 1.807) is 24.3 Å². The average molecular weight is 315 g/mol. The number of halogens is 2. The molecule has 1 amide bonds. The van der Waals surface area contributed by atoms with Gasteiger partial charge in [0, 0.05) is 12.8 Å². The van der Waals surface area contributed by atoms with Gasteiger partial charge in [-0.25, -0.2) is 18.4 Å². The Morgan fingerprint density at radius 3 is 2.45 bits per heavy atom. The molecule has 1 N–H and O–H groups in total. The minimum atomic E-state index is -3.08. The topological polar surface area (TPSA) is 64.6 Å². The van der Waals surface area contributed by atoms with Crippen LogP contribution in [0.3, 0.4) is 0 Å². The lowest BCUT2D eigenvalue weighted by Gasteiger charge is -2.21. The van der Waals surface area contributed by atoms with E-state index in [2.05, 4.69) is 10.1 Å². The molecule has 22 heavy (non-hydrogen) atoms. The van der Waals surface area contributed by atoms with Crippen molar-refractivity contribution in [1.29, 1.82) is 0 Å². The molecule has 0 saturated carbocycles. The Bertz CT molecular complexity index is 494. The average Bonchev–Trinajstić information content (AvgIpc) is 2.52. The van der Waals surface area contributed by atoms with Gasteiger partial charge in [0.05, 0.1) is 7.11 Å². The van der Waals surface area contributed by atoms with Crippen molar-refractivity contribution in [3.63, 3.8) is 0 Å². The van der Waals surface area contributed by atoms with Crippen LogP contribution in [-0.2, 0) is 20.9 Å². The molecule has 0 fully saturated rings. The summed E-state index contributed by atoms with van der Waals surface area (Å²) in [6.45, 7) is 1.27. The van der Waals surface area contributed by atoms with Crippen LogP contribution < -0.4 is 5.32 Å². The number of amides is 1. The number of carbonyl (C=O) groups is 2. The Kier molecular flexibility index (Phi) is 6.75. The lowest BCUT2D eigenvalue weighted by atomic mass is 10.1. The SMILES string of the molecule is CCC(F)(F)C[C@H](NC(=O)OCc1ccccc1)C(=O)OC. The molecule has 0 heterocycles. The van der Waals surface area contributed by atoms with Crippen LogP contribution in [0.15, 0.2) is 30.3 Å². The van der Waals surface area contributed by atoms with Crippen LogP contribution >= 0.6 is 0 Å². The van der Waals surface area contributed by atoms with Gasteiger partial charge in [0.15, 0.2) is 0 Å². The van der Waals surface area contributed by atoms with Crippen molar-refractivity contribution in [1.82, 2.24) is 5.32 Å². The van der Waals surface area contributed by atoms with Gasteiger partial charge in [-0.05, 0) is 5.56 Å². The molecule has 122 valence electrons. The molecule has 0 radical (unpaired) electrons. The van der Waals surface area contributed by atoms with E-state index in [1.807, 2.05) is 6.07 Å². The van der Waals surface area contributed by atoms with Crippen LogP contribution in [0.25, 0.3) is 0 Å². The van der Waals surface area contributed by atoms with Crippen LogP contribution in [0.4, 0.5) is 13.6 Å². The number of nitrogens with one attached hydrogen (secondary N) is 1. The molecule has 5 nitrogen and oxygen atoms in total. The second-order valence-corrected chi connectivity index (χ2v) is 4.70. The zero-order valence-electron chi connectivity index (χ0n) is 12.5. The zero-order valence-corrected chi connectivity index (χ0v) is 12.5. The largest absolute Gasteiger partial charge is 0.467 e. The van der Waals surface area contributed by atoms with E-state index in [9.17, 15) is 18.4 Å². The highest BCUT2D eigenvalue weighted by Gasteiger charge is 2.35. The van der Waals surface area contributed by atoms with Gasteiger partial charge in [-0.2, -0.15) is 0 Å². The van der Waals surface area contributed by atoms with Crippen molar-refractivity contribution in [2.24, 2.45) is 0 Å². The molecule has 1 aromatic rings. The van der Waals surface area contributed by atoms with Crippen LogP contribution in [0, 0.1) is 0 Å². The van der Waals surface area contributed by atoms with Gasteiger partial charge in [-0.1, -0.05) is 37.3 Å². The van der Waals surface area contributed by atoms with Crippen LogP contribution in [0.1, 0.15) is 25.3 Å². The van der Waals surface area contributed by atoms with Gasteiger partial charge >= 0.3 is 12.1 Å². The second-order valence-electron chi connectivity index (χ2n) is 4.70. The fourth-order valence-electron chi connectivity index (χ4n) is 1.69. The van der Waals surface area contributed by atoms with E-state index >= 15 is 0 Å². The van der Waals surface area contributed by atoms with Crippen molar-refractivity contribution in [2.45, 2.75) is 38.3 Å². The van der Waals surface area contributed by atoms with E-state index in [0.29, 0.717) is 0 Å². The van der Waals surface area contributed by atoms with E-state index in [4.69, 9.17) is 4.74 Å². The Morgan fingerprint density at radius 2 is 1.91 bits per heavy atom.